The fourth-order valence-corrected chi connectivity index (χ4v) is 2.59. The first-order valence-corrected chi connectivity index (χ1v) is 7.74. The van der Waals surface area contributed by atoms with Gasteiger partial charge in [-0.3, -0.25) is 0 Å². The van der Waals surface area contributed by atoms with Gasteiger partial charge in [0.05, 0.1) is 0 Å². The maximum Gasteiger partial charge on any atom is 0.123 e. The van der Waals surface area contributed by atoms with Crippen molar-refractivity contribution in [1.82, 2.24) is 0 Å². The van der Waals surface area contributed by atoms with Gasteiger partial charge in [-0.1, -0.05) is 37.9 Å². The Morgan fingerprint density at radius 2 is 1.89 bits per heavy atom. The Kier molecular flexibility index (Phi) is 4.99. The highest BCUT2D eigenvalue weighted by atomic mass is 79.9. The summed E-state index contributed by atoms with van der Waals surface area (Å²) >= 11 is 6.86. The number of benzene rings is 2. The highest BCUT2D eigenvalue weighted by Crippen LogP contribution is 2.26. The Bertz CT molecular complexity index is 584. The van der Waals surface area contributed by atoms with Gasteiger partial charge < -0.3 is 4.74 Å². The lowest BCUT2D eigenvalue weighted by molar-refractivity contribution is 0.302. The molecule has 4 heteroatoms. The normalized spacial score (nSPS) is 10.5. The lowest BCUT2D eigenvalue weighted by Crippen LogP contribution is -2.00. The third kappa shape index (κ3) is 3.80. The largest absolute Gasteiger partial charge is 0.489 e. The Hall–Kier alpha value is -0.870. The molecule has 0 aliphatic rings. The molecule has 2 aromatic rings. The van der Waals surface area contributed by atoms with Crippen molar-refractivity contribution in [2.45, 2.75) is 18.9 Å². The van der Waals surface area contributed by atoms with Gasteiger partial charge in [0.25, 0.3) is 0 Å². The predicted molar refractivity (Wildman–Crippen MR) is 82.2 cm³/mol. The Balaban J connectivity index is 2.16. The number of halogens is 3. The molecular formula is C15H13Br2FO. The van der Waals surface area contributed by atoms with Gasteiger partial charge in [0.2, 0.25) is 0 Å². The molecule has 2 aromatic carbocycles. The Morgan fingerprint density at radius 1 is 1.11 bits per heavy atom. The number of aryl methyl sites for hydroxylation is 1. The van der Waals surface area contributed by atoms with Gasteiger partial charge in [-0.15, -0.1) is 0 Å². The molecule has 0 aliphatic heterocycles. The van der Waals surface area contributed by atoms with Crippen LogP contribution in [0.1, 0.15) is 16.7 Å². The third-order valence-electron chi connectivity index (χ3n) is 2.86. The van der Waals surface area contributed by atoms with Crippen molar-refractivity contribution < 1.29 is 9.13 Å². The smallest absolute Gasteiger partial charge is 0.123 e. The summed E-state index contributed by atoms with van der Waals surface area (Å²) in [5.74, 6) is 0.574. The summed E-state index contributed by atoms with van der Waals surface area (Å²) in [6.07, 6.45) is 0. The van der Waals surface area contributed by atoms with E-state index < -0.39 is 0 Å². The van der Waals surface area contributed by atoms with Crippen molar-refractivity contribution in [3.8, 4) is 5.75 Å². The predicted octanol–water partition coefficient (Wildman–Crippen LogP) is 5.37. The van der Waals surface area contributed by atoms with Crippen LogP contribution in [0.4, 0.5) is 4.39 Å². The van der Waals surface area contributed by atoms with Gasteiger partial charge in [0, 0.05) is 15.4 Å². The molecule has 0 heterocycles. The Morgan fingerprint density at radius 3 is 2.63 bits per heavy atom. The van der Waals surface area contributed by atoms with Crippen molar-refractivity contribution in [3.05, 3.63) is 63.4 Å². The summed E-state index contributed by atoms with van der Waals surface area (Å²) in [6.45, 7) is 2.32. The van der Waals surface area contributed by atoms with Gasteiger partial charge in [0.15, 0.2) is 0 Å². The first-order valence-electron chi connectivity index (χ1n) is 5.82. The molecular weight excluding hydrogens is 375 g/mol. The molecule has 0 fully saturated rings. The molecule has 0 spiro atoms. The van der Waals surface area contributed by atoms with Crippen LogP contribution < -0.4 is 4.74 Å². The van der Waals surface area contributed by atoms with Crippen LogP contribution in [0.15, 0.2) is 40.9 Å². The summed E-state index contributed by atoms with van der Waals surface area (Å²) < 4.78 is 20.0. The highest BCUT2D eigenvalue weighted by Gasteiger charge is 2.06. The topological polar surface area (TPSA) is 9.23 Å². The monoisotopic (exact) mass is 386 g/mol. The SMILES string of the molecule is Cc1ccc(F)cc1COc1ccc(Br)cc1CBr. The lowest BCUT2D eigenvalue weighted by atomic mass is 10.1. The van der Waals surface area contributed by atoms with E-state index in [2.05, 4.69) is 31.9 Å². The maximum atomic E-state index is 13.2. The molecule has 19 heavy (non-hydrogen) atoms. The molecule has 0 aliphatic carbocycles. The highest BCUT2D eigenvalue weighted by molar-refractivity contribution is 9.10. The van der Waals surface area contributed by atoms with Crippen molar-refractivity contribution >= 4 is 31.9 Å². The van der Waals surface area contributed by atoms with Crippen LogP contribution >= 0.6 is 31.9 Å². The number of alkyl halides is 1. The number of rotatable bonds is 4. The van der Waals surface area contributed by atoms with Crippen LogP contribution in [0.3, 0.4) is 0 Å². The molecule has 0 amide bonds. The second-order valence-electron chi connectivity index (χ2n) is 4.25. The average Bonchev–Trinajstić information content (AvgIpc) is 2.40. The van der Waals surface area contributed by atoms with Crippen LogP contribution in [0, 0.1) is 12.7 Å². The van der Waals surface area contributed by atoms with E-state index in [1.165, 1.54) is 12.1 Å². The van der Waals surface area contributed by atoms with Crippen LogP contribution in [0.5, 0.6) is 5.75 Å². The van der Waals surface area contributed by atoms with E-state index in [1.807, 2.05) is 25.1 Å². The van der Waals surface area contributed by atoms with Crippen molar-refractivity contribution in [3.63, 3.8) is 0 Å². The van der Waals surface area contributed by atoms with E-state index in [9.17, 15) is 4.39 Å². The van der Waals surface area contributed by atoms with Crippen LogP contribution in [-0.2, 0) is 11.9 Å². The standard InChI is InChI=1S/C15H13Br2FO/c1-10-2-4-14(18)7-12(10)9-19-15-5-3-13(17)6-11(15)8-16/h2-7H,8-9H2,1H3. The van der Waals surface area contributed by atoms with E-state index >= 15 is 0 Å². The van der Waals surface area contributed by atoms with Gasteiger partial charge in [-0.05, 0) is 48.4 Å². The fourth-order valence-electron chi connectivity index (χ4n) is 1.74. The molecule has 0 aromatic heterocycles. The average molecular weight is 388 g/mol. The summed E-state index contributed by atoms with van der Waals surface area (Å²) in [5.41, 5.74) is 2.95. The molecule has 0 bridgehead atoms. The summed E-state index contributed by atoms with van der Waals surface area (Å²) in [5, 5.41) is 0.712. The molecule has 0 N–H and O–H groups in total. The molecule has 2 rings (SSSR count). The van der Waals surface area contributed by atoms with E-state index in [1.54, 1.807) is 6.07 Å². The fraction of sp³-hybridized carbons (Fsp3) is 0.200. The Labute approximate surface area is 129 Å². The van der Waals surface area contributed by atoms with Gasteiger partial charge in [-0.25, -0.2) is 4.39 Å². The van der Waals surface area contributed by atoms with Gasteiger partial charge in [-0.2, -0.15) is 0 Å². The van der Waals surface area contributed by atoms with Gasteiger partial charge >= 0.3 is 0 Å². The molecule has 1 nitrogen and oxygen atoms in total. The first-order chi connectivity index (χ1) is 9.10. The van der Waals surface area contributed by atoms with E-state index in [0.717, 1.165) is 26.9 Å². The molecule has 0 saturated carbocycles. The molecule has 100 valence electrons. The van der Waals surface area contributed by atoms with Crippen LogP contribution in [0.2, 0.25) is 0 Å². The van der Waals surface area contributed by atoms with Crippen LogP contribution in [-0.4, -0.2) is 0 Å². The number of hydrogen-bond donors (Lipinski definition) is 0. The van der Waals surface area contributed by atoms with Gasteiger partial charge in [0.1, 0.15) is 18.2 Å². The number of ether oxygens (including phenoxy) is 1. The molecule has 0 saturated heterocycles. The lowest BCUT2D eigenvalue weighted by Gasteiger charge is -2.12. The quantitative estimate of drug-likeness (QED) is 0.640. The zero-order valence-corrected chi connectivity index (χ0v) is 13.6. The summed E-state index contributed by atoms with van der Waals surface area (Å²) in [4.78, 5) is 0. The van der Waals surface area contributed by atoms with E-state index in [0.29, 0.717) is 11.9 Å². The minimum absolute atomic E-state index is 0.235. The van der Waals surface area contributed by atoms with Crippen molar-refractivity contribution in [2.75, 3.05) is 0 Å². The molecule has 0 atom stereocenters. The second-order valence-corrected chi connectivity index (χ2v) is 5.72. The minimum Gasteiger partial charge on any atom is -0.489 e. The van der Waals surface area contributed by atoms with Crippen molar-refractivity contribution in [1.29, 1.82) is 0 Å². The van der Waals surface area contributed by atoms with Crippen molar-refractivity contribution in [2.24, 2.45) is 0 Å². The minimum atomic E-state index is -0.235. The zero-order valence-electron chi connectivity index (χ0n) is 10.4. The van der Waals surface area contributed by atoms with Crippen LogP contribution in [0.25, 0.3) is 0 Å². The summed E-state index contributed by atoms with van der Waals surface area (Å²) in [7, 11) is 0. The summed E-state index contributed by atoms with van der Waals surface area (Å²) in [6, 6.07) is 10.6. The first kappa shape index (κ1) is 14.5. The molecule has 0 radical (unpaired) electrons. The second kappa shape index (κ2) is 6.53. The third-order valence-corrected chi connectivity index (χ3v) is 3.96. The van der Waals surface area contributed by atoms with E-state index in [4.69, 9.17) is 4.74 Å². The maximum absolute atomic E-state index is 13.2. The van der Waals surface area contributed by atoms with E-state index in [-0.39, 0.29) is 5.82 Å². The zero-order chi connectivity index (χ0) is 13.8. The number of hydrogen-bond acceptors (Lipinski definition) is 1. The molecule has 0 unspecified atom stereocenters.